The van der Waals surface area contributed by atoms with Crippen LogP contribution in [-0.2, 0) is 11.2 Å². The van der Waals surface area contributed by atoms with Gasteiger partial charge in [0.25, 0.3) is 0 Å². The average Bonchev–Trinajstić information content (AvgIpc) is 2.65. The number of nitrogens with zero attached hydrogens (tertiary/aromatic N) is 1. The fraction of sp³-hybridized carbons (Fsp3) is 0.474. The van der Waals surface area contributed by atoms with Crippen molar-refractivity contribution < 1.29 is 47.7 Å². The summed E-state index contributed by atoms with van der Waals surface area (Å²) in [6, 6.07) is 4.21. The summed E-state index contributed by atoms with van der Waals surface area (Å²) in [5.74, 6) is 1.94. The number of allylic oxidation sites excluding steroid dienone is 2. The maximum atomic E-state index is 12.2. The van der Waals surface area contributed by atoms with Crippen molar-refractivity contribution in [2.75, 3.05) is 20.8 Å². The largest absolute Gasteiger partial charge is 0.493 e. The summed E-state index contributed by atoms with van der Waals surface area (Å²) in [4.78, 5) is 12.2. The van der Waals surface area contributed by atoms with E-state index in [0.29, 0.717) is 5.78 Å². The van der Waals surface area contributed by atoms with Gasteiger partial charge >= 0.3 is 0 Å². The van der Waals surface area contributed by atoms with Gasteiger partial charge < -0.3 is 9.47 Å². The first kappa shape index (κ1) is 20.8. The first-order valence-electron chi connectivity index (χ1n) is 8.98. The fourth-order valence-electron chi connectivity index (χ4n) is 4.18. The quantitative estimate of drug-likeness (QED) is 0.520. The minimum atomic E-state index is -4.94. The highest BCUT2D eigenvalue weighted by Crippen LogP contribution is 2.37. The summed E-state index contributed by atoms with van der Waals surface area (Å²) in [7, 11) is -1.59. The highest BCUT2D eigenvalue weighted by molar-refractivity contribution is 6.03. The second-order valence-corrected chi connectivity index (χ2v) is 7.55. The molecule has 1 aromatic carbocycles. The van der Waals surface area contributed by atoms with Gasteiger partial charge in [-0.05, 0) is 30.5 Å². The Labute approximate surface area is 165 Å². The van der Waals surface area contributed by atoms with Crippen LogP contribution in [0.4, 0.5) is 0 Å². The molecule has 0 atom stereocenters. The zero-order valence-corrected chi connectivity index (χ0v) is 16.5. The van der Waals surface area contributed by atoms with Crippen LogP contribution in [0.1, 0.15) is 43.2 Å². The Balaban J connectivity index is 0.000000403. The monoisotopic (exact) mass is 411 g/mol. The third-order valence-corrected chi connectivity index (χ3v) is 5.29. The molecule has 1 aromatic rings. The highest BCUT2D eigenvalue weighted by Gasteiger charge is 2.38. The lowest BCUT2D eigenvalue weighted by Crippen LogP contribution is -2.68. The molecule has 0 bridgehead atoms. The molecule has 0 unspecified atom stereocenters. The molecule has 0 amide bonds. The molecular weight excluding hydrogens is 390 g/mol. The molecule has 2 heterocycles. The topological polar surface area (TPSA) is 131 Å². The molecule has 1 aliphatic carbocycles. The van der Waals surface area contributed by atoms with E-state index in [1.54, 1.807) is 14.2 Å². The van der Waals surface area contributed by atoms with E-state index in [4.69, 9.17) is 28.1 Å². The van der Waals surface area contributed by atoms with Crippen molar-refractivity contribution in [1.29, 1.82) is 0 Å². The molecule has 2 aliphatic heterocycles. The molecule has 152 valence electrons. The first-order chi connectivity index (χ1) is 13.2. The van der Waals surface area contributed by atoms with E-state index in [9.17, 15) is 4.79 Å². The number of carbonyl (C=O) groups excluding carboxylic acids is 1. The number of carbonyl (C=O) groups is 1. The van der Waals surface area contributed by atoms with Crippen molar-refractivity contribution in [3.05, 3.63) is 34.5 Å². The Morgan fingerprint density at radius 2 is 1.57 bits per heavy atom. The van der Waals surface area contributed by atoms with Crippen molar-refractivity contribution in [2.24, 2.45) is 0 Å². The summed E-state index contributed by atoms with van der Waals surface area (Å²) in [6.45, 7) is 0.962. The molecule has 0 aromatic heterocycles. The van der Waals surface area contributed by atoms with Crippen molar-refractivity contribution >= 4 is 11.5 Å². The smallest absolute Gasteiger partial charge is 0.189 e. The number of Topliss-reactive ketones (excluding diaryl/α,β-unsaturated/α-hetero) is 1. The molecule has 8 nitrogen and oxygen atoms in total. The summed E-state index contributed by atoms with van der Waals surface area (Å²) in [6.07, 6.45) is 5.54. The molecule has 0 N–H and O–H groups in total. The Bertz CT molecular complexity index is 849. The van der Waals surface area contributed by atoms with Gasteiger partial charge in [0.05, 0.1) is 19.8 Å². The van der Waals surface area contributed by atoms with Crippen LogP contribution in [0.25, 0.3) is 0 Å². The van der Waals surface area contributed by atoms with Gasteiger partial charge in [-0.3, -0.25) is 4.79 Å². The molecule has 3 aliphatic rings. The zero-order chi connectivity index (χ0) is 20.5. The van der Waals surface area contributed by atoms with Crippen LogP contribution in [0.3, 0.4) is 0 Å². The Kier molecular flexibility index (Phi) is 6.07. The van der Waals surface area contributed by atoms with Gasteiger partial charge in [-0.1, -0.05) is 0 Å². The van der Waals surface area contributed by atoms with E-state index in [2.05, 4.69) is 16.7 Å². The van der Waals surface area contributed by atoms with Gasteiger partial charge in [0.2, 0.25) is 0 Å². The highest BCUT2D eigenvalue weighted by atomic mass is 35.7. The first-order valence-corrected chi connectivity index (χ1v) is 10.2. The van der Waals surface area contributed by atoms with Gasteiger partial charge in [-0.2, -0.15) is 4.58 Å². The molecule has 0 fully saturated rings. The fourth-order valence-corrected chi connectivity index (χ4v) is 4.18. The summed E-state index contributed by atoms with van der Waals surface area (Å²) >= 11 is 0. The number of ketones is 1. The summed E-state index contributed by atoms with van der Waals surface area (Å²) < 4.78 is 47.3. The number of rotatable bonds is 2. The van der Waals surface area contributed by atoms with E-state index in [1.807, 2.05) is 0 Å². The molecular formula is C19H22ClNO7. The van der Waals surface area contributed by atoms with Gasteiger partial charge in [0.15, 0.2) is 35.2 Å². The zero-order valence-electron chi connectivity index (χ0n) is 15.8. The standard InChI is InChI=1S/C19H22NO3.ClHO4/c1-22-18-10-12-8-9-20-15-4-3-5-17(21)13(15)6-7-16(20)14(12)11-19(18)23-2;2-1(3,4)5/h10-11H,3-9H2,1-2H3;(H,2,3,4,5)/q+1;/p-1. The van der Waals surface area contributed by atoms with Crippen molar-refractivity contribution in [3.63, 3.8) is 0 Å². The average molecular weight is 412 g/mol. The number of ether oxygens (including phenoxy) is 2. The number of fused-ring (bicyclic) bond motifs is 3. The van der Waals surface area contributed by atoms with Crippen LogP contribution in [0.5, 0.6) is 11.5 Å². The summed E-state index contributed by atoms with van der Waals surface area (Å²) in [5, 5.41) is 0. The molecule has 28 heavy (non-hydrogen) atoms. The van der Waals surface area contributed by atoms with Gasteiger partial charge in [0, 0.05) is 31.2 Å². The third kappa shape index (κ3) is 4.37. The lowest BCUT2D eigenvalue weighted by Gasteiger charge is -2.27. The van der Waals surface area contributed by atoms with Crippen LogP contribution in [0.15, 0.2) is 23.4 Å². The van der Waals surface area contributed by atoms with Crippen molar-refractivity contribution in [1.82, 2.24) is 0 Å². The van der Waals surface area contributed by atoms with E-state index in [0.717, 1.165) is 62.1 Å². The molecule has 0 spiro atoms. The van der Waals surface area contributed by atoms with Crippen LogP contribution in [0.2, 0.25) is 0 Å². The molecule has 0 saturated carbocycles. The normalized spacial score (nSPS) is 18.6. The predicted molar refractivity (Wildman–Crippen MR) is 87.6 cm³/mol. The number of hydrogen-bond acceptors (Lipinski definition) is 7. The van der Waals surface area contributed by atoms with E-state index in [-0.39, 0.29) is 0 Å². The lowest BCUT2D eigenvalue weighted by molar-refractivity contribution is -2.00. The van der Waals surface area contributed by atoms with E-state index >= 15 is 0 Å². The number of benzene rings is 1. The van der Waals surface area contributed by atoms with E-state index < -0.39 is 10.2 Å². The van der Waals surface area contributed by atoms with Crippen LogP contribution in [0, 0.1) is 10.2 Å². The maximum Gasteiger partial charge on any atom is 0.189 e. The van der Waals surface area contributed by atoms with Crippen molar-refractivity contribution in [2.45, 2.75) is 38.5 Å². The molecule has 4 rings (SSSR count). The van der Waals surface area contributed by atoms with Gasteiger partial charge in [0.1, 0.15) is 0 Å². The lowest BCUT2D eigenvalue weighted by atomic mass is 9.84. The second-order valence-electron chi connectivity index (χ2n) is 6.79. The van der Waals surface area contributed by atoms with Crippen molar-refractivity contribution in [3.8, 4) is 11.5 Å². The minimum absolute atomic E-state index is 0.364. The minimum Gasteiger partial charge on any atom is -0.493 e. The Morgan fingerprint density at radius 1 is 0.929 bits per heavy atom. The van der Waals surface area contributed by atoms with Crippen LogP contribution < -0.4 is 28.1 Å². The predicted octanol–water partition coefficient (Wildman–Crippen LogP) is -1.89. The second kappa shape index (κ2) is 8.18. The Hall–Kier alpha value is -1.97. The van der Waals surface area contributed by atoms with E-state index in [1.165, 1.54) is 22.5 Å². The molecule has 0 saturated heterocycles. The number of halogens is 1. The Morgan fingerprint density at radius 3 is 2.21 bits per heavy atom. The summed E-state index contributed by atoms with van der Waals surface area (Å²) in [5.41, 5.74) is 6.30. The SMILES string of the molecule is COc1cc2c(cc1OC)C1=[N+](CC2)C2=C(CC1)C(=O)CCC2.[O-][Cl+3]([O-])([O-])[O-]. The molecule has 0 radical (unpaired) electrons. The third-order valence-electron chi connectivity index (χ3n) is 5.29. The van der Waals surface area contributed by atoms with Crippen LogP contribution in [-0.4, -0.2) is 36.8 Å². The van der Waals surface area contributed by atoms with Gasteiger partial charge in [-0.15, -0.1) is 10.2 Å². The van der Waals surface area contributed by atoms with Crippen LogP contribution >= 0.6 is 0 Å². The molecule has 9 heteroatoms. The maximum absolute atomic E-state index is 12.2. The number of hydrogen-bond donors (Lipinski definition) is 0. The number of methoxy groups -OCH3 is 2. The van der Waals surface area contributed by atoms with Gasteiger partial charge in [-0.25, -0.2) is 18.6 Å².